The summed E-state index contributed by atoms with van der Waals surface area (Å²) < 4.78 is 1.06. The summed E-state index contributed by atoms with van der Waals surface area (Å²) in [6, 6.07) is 5.92. The molecule has 1 rings (SSSR count). The van der Waals surface area contributed by atoms with Gasteiger partial charge in [0.25, 0.3) is 0 Å². The summed E-state index contributed by atoms with van der Waals surface area (Å²) in [7, 11) is 0. The van der Waals surface area contributed by atoms with Crippen molar-refractivity contribution in [2.24, 2.45) is 0 Å². The zero-order chi connectivity index (χ0) is 9.84. The first-order chi connectivity index (χ1) is 6.15. The Labute approximate surface area is 94.8 Å². The molecule has 70 valence electrons. The van der Waals surface area contributed by atoms with Crippen molar-refractivity contribution in [3.05, 3.63) is 33.8 Å². The van der Waals surface area contributed by atoms with Gasteiger partial charge in [0.15, 0.2) is 0 Å². The van der Waals surface area contributed by atoms with E-state index in [0.29, 0.717) is 11.8 Å². The fraction of sp³-hybridized carbons (Fsp3) is 0.300. The predicted octanol–water partition coefficient (Wildman–Crippen LogP) is 3.26. The monoisotopic (exact) mass is 304 g/mol. The molecular weight excluding hydrogens is 296 g/mol. The number of halogens is 2. The third kappa shape index (κ3) is 2.92. The van der Waals surface area contributed by atoms with Crippen molar-refractivity contribution in [3.8, 4) is 0 Å². The zero-order valence-corrected chi connectivity index (χ0v) is 10.5. The highest BCUT2D eigenvalue weighted by molar-refractivity contribution is 9.10. The number of benzene rings is 1. The molecule has 0 aliphatic heterocycles. The largest absolute Gasteiger partial charge is 0.298 e. The van der Waals surface area contributed by atoms with Gasteiger partial charge in [0.1, 0.15) is 5.78 Å². The summed E-state index contributed by atoms with van der Waals surface area (Å²) in [5.41, 5.74) is 2.25. The van der Waals surface area contributed by atoms with Crippen LogP contribution in [0.3, 0.4) is 0 Å². The molecule has 0 radical (unpaired) electrons. The van der Waals surface area contributed by atoms with Gasteiger partial charge in [0.2, 0.25) is 0 Å². The molecule has 0 spiro atoms. The number of carbonyl (C=O) groups is 1. The molecule has 0 bridgehead atoms. The standard InChI is InChI=1S/C10H10Br2O/c1-7-8(5-9(13)6-11)3-2-4-10(7)12/h2-4H,5-6H2,1H3. The highest BCUT2D eigenvalue weighted by Gasteiger charge is 2.05. The Morgan fingerprint density at radius 3 is 2.77 bits per heavy atom. The van der Waals surface area contributed by atoms with E-state index in [1.54, 1.807) is 0 Å². The average Bonchev–Trinajstić information content (AvgIpc) is 2.13. The molecular formula is C10H10Br2O. The normalized spacial score (nSPS) is 10.1. The highest BCUT2D eigenvalue weighted by atomic mass is 79.9. The zero-order valence-electron chi connectivity index (χ0n) is 7.31. The number of Topliss-reactive ketones (excluding diaryl/α,β-unsaturated/α-hetero) is 1. The Balaban J connectivity index is 2.89. The fourth-order valence-corrected chi connectivity index (χ4v) is 1.71. The van der Waals surface area contributed by atoms with Crippen LogP contribution in [0, 0.1) is 6.92 Å². The van der Waals surface area contributed by atoms with E-state index in [1.165, 1.54) is 0 Å². The molecule has 0 saturated heterocycles. The van der Waals surface area contributed by atoms with Gasteiger partial charge in [-0.15, -0.1) is 0 Å². The Morgan fingerprint density at radius 2 is 2.15 bits per heavy atom. The van der Waals surface area contributed by atoms with Crippen molar-refractivity contribution in [1.82, 2.24) is 0 Å². The summed E-state index contributed by atoms with van der Waals surface area (Å²) >= 11 is 6.59. The van der Waals surface area contributed by atoms with Gasteiger partial charge >= 0.3 is 0 Å². The van der Waals surface area contributed by atoms with Crippen LogP contribution in [-0.2, 0) is 11.2 Å². The molecule has 1 aromatic rings. The summed E-state index contributed by atoms with van der Waals surface area (Å²) in [4.78, 5) is 11.2. The molecule has 0 heterocycles. The minimum atomic E-state index is 0.209. The Kier molecular flexibility index (Phi) is 4.13. The maximum atomic E-state index is 11.2. The van der Waals surface area contributed by atoms with Gasteiger partial charge in [-0.2, -0.15) is 0 Å². The van der Waals surface area contributed by atoms with E-state index >= 15 is 0 Å². The summed E-state index contributed by atoms with van der Waals surface area (Å²) in [6.07, 6.45) is 0.510. The molecule has 13 heavy (non-hydrogen) atoms. The van der Waals surface area contributed by atoms with Crippen LogP contribution in [0.2, 0.25) is 0 Å². The first-order valence-electron chi connectivity index (χ1n) is 3.97. The van der Waals surface area contributed by atoms with Gasteiger partial charge in [-0.05, 0) is 24.1 Å². The molecule has 0 fully saturated rings. The third-order valence-electron chi connectivity index (χ3n) is 1.92. The average molecular weight is 306 g/mol. The molecule has 0 aromatic heterocycles. The van der Waals surface area contributed by atoms with Crippen LogP contribution in [0.25, 0.3) is 0 Å². The molecule has 0 saturated carbocycles. The van der Waals surface area contributed by atoms with Crippen molar-refractivity contribution >= 4 is 37.6 Å². The minimum absolute atomic E-state index is 0.209. The van der Waals surface area contributed by atoms with Gasteiger partial charge in [-0.25, -0.2) is 0 Å². The van der Waals surface area contributed by atoms with Crippen LogP contribution < -0.4 is 0 Å². The van der Waals surface area contributed by atoms with Crippen molar-refractivity contribution in [1.29, 1.82) is 0 Å². The smallest absolute Gasteiger partial charge is 0.147 e. The third-order valence-corrected chi connectivity index (χ3v) is 3.40. The van der Waals surface area contributed by atoms with Gasteiger partial charge in [-0.3, -0.25) is 4.79 Å². The van der Waals surface area contributed by atoms with Crippen LogP contribution in [0.1, 0.15) is 11.1 Å². The summed E-state index contributed by atoms with van der Waals surface area (Å²) in [5.74, 6) is 0.209. The Bertz CT molecular complexity index is 321. The number of rotatable bonds is 3. The van der Waals surface area contributed by atoms with Crippen LogP contribution in [-0.4, -0.2) is 11.1 Å². The van der Waals surface area contributed by atoms with E-state index in [-0.39, 0.29) is 5.78 Å². The summed E-state index contributed by atoms with van der Waals surface area (Å²) in [6.45, 7) is 2.01. The quantitative estimate of drug-likeness (QED) is 0.783. The van der Waals surface area contributed by atoms with E-state index in [0.717, 1.165) is 15.6 Å². The Morgan fingerprint density at radius 1 is 1.46 bits per heavy atom. The summed E-state index contributed by atoms with van der Waals surface area (Å²) in [5, 5.41) is 0.430. The lowest BCUT2D eigenvalue weighted by atomic mass is 10.0. The first-order valence-corrected chi connectivity index (χ1v) is 5.88. The van der Waals surface area contributed by atoms with Crippen LogP contribution >= 0.6 is 31.9 Å². The number of ketones is 1. The SMILES string of the molecule is Cc1c(Br)cccc1CC(=O)CBr. The van der Waals surface area contributed by atoms with Crippen molar-refractivity contribution < 1.29 is 4.79 Å². The topological polar surface area (TPSA) is 17.1 Å². The Hall–Kier alpha value is -0.150. The molecule has 0 amide bonds. The van der Waals surface area contributed by atoms with Crippen molar-refractivity contribution in [3.63, 3.8) is 0 Å². The van der Waals surface area contributed by atoms with E-state index in [1.807, 2.05) is 25.1 Å². The molecule has 0 atom stereocenters. The van der Waals surface area contributed by atoms with Crippen molar-refractivity contribution in [2.45, 2.75) is 13.3 Å². The number of hydrogen-bond acceptors (Lipinski definition) is 1. The molecule has 3 heteroatoms. The predicted molar refractivity (Wildman–Crippen MR) is 61.4 cm³/mol. The van der Waals surface area contributed by atoms with Crippen LogP contribution in [0.15, 0.2) is 22.7 Å². The number of alkyl halides is 1. The lowest BCUT2D eigenvalue weighted by Gasteiger charge is -2.05. The van der Waals surface area contributed by atoms with Gasteiger partial charge < -0.3 is 0 Å². The fourth-order valence-electron chi connectivity index (χ4n) is 1.10. The molecule has 1 aromatic carbocycles. The van der Waals surface area contributed by atoms with Crippen LogP contribution in [0.5, 0.6) is 0 Å². The molecule has 0 aliphatic carbocycles. The number of hydrogen-bond donors (Lipinski definition) is 0. The van der Waals surface area contributed by atoms with E-state index in [2.05, 4.69) is 31.9 Å². The second-order valence-electron chi connectivity index (χ2n) is 2.87. The molecule has 1 nitrogen and oxygen atoms in total. The molecule has 0 N–H and O–H groups in total. The lowest BCUT2D eigenvalue weighted by molar-refractivity contribution is -0.115. The van der Waals surface area contributed by atoms with E-state index in [4.69, 9.17) is 0 Å². The van der Waals surface area contributed by atoms with Crippen LogP contribution in [0.4, 0.5) is 0 Å². The highest BCUT2D eigenvalue weighted by Crippen LogP contribution is 2.19. The first kappa shape index (κ1) is 10.9. The van der Waals surface area contributed by atoms with E-state index < -0.39 is 0 Å². The van der Waals surface area contributed by atoms with Crippen molar-refractivity contribution in [2.75, 3.05) is 5.33 Å². The maximum absolute atomic E-state index is 11.2. The lowest BCUT2D eigenvalue weighted by Crippen LogP contribution is -2.04. The maximum Gasteiger partial charge on any atom is 0.147 e. The van der Waals surface area contributed by atoms with Gasteiger partial charge in [-0.1, -0.05) is 44.0 Å². The second kappa shape index (κ2) is 4.91. The van der Waals surface area contributed by atoms with Gasteiger partial charge in [0, 0.05) is 10.9 Å². The van der Waals surface area contributed by atoms with Gasteiger partial charge in [0.05, 0.1) is 5.33 Å². The van der Waals surface area contributed by atoms with E-state index in [9.17, 15) is 4.79 Å². The molecule has 0 aliphatic rings. The number of carbonyl (C=O) groups excluding carboxylic acids is 1. The molecule has 0 unspecified atom stereocenters. The minimum Gasteiger partial charge on any atom is -0.298 e. The second-order valence-corrected chi connectivity index (χ2v) is 4.29.